The van der Waals surface area contributed by atoms with Crippen LogP contribution in [0.2, 0.25) is 10.0 Å². The Bertz CT molecular complexity index is 860. The summed E-state index contributed by atoms with van der Waals surface area (Å²) in [6, 6.07) is 4.05. The average molecular weight is 413 g/mol. The van der Waals surface area contributed by atoms with Crippen LogP contribution in [-0.2, 0) is 23.9 Å². The minimum absolute atomic E-state index is 0.0412. The maximum Gasteiger partial charge on any atom is 0.356 e. The molecule has 144 valence electrons. The molecule has 1 fully saturated rings. The van der Waals surface area contributed by atoms with Crippen molar-refractivity contribution in [2.45, 2.75) is 31.8 Å². The summed E-state index contributed by atoms with van der Waals surface area (Å²) in [5.74, 6) is -1.93. The maximum absolute atomic E-state index is 12.7. The Kier molecular flexibility index (Phi) is 4.96. The summed E-state index contributed by atoms with van der Waals surface area (Å²) in [5, 5.41) is 3.42. The molecule has 0 bridgehead atoms. The van der Waals surface area contributed by atoms with E-state index in [1.807, 2.05) is 13.8 Å². The van der Waals surface area contributed by atoms with Gasteiger partial charge in [-0.05, 0) is 26.0 Å². The smallest absolute Gasteiger partial charge is 0.356 e. The minimum Gasteiger partial charge on any atom is -0.466 e. The first-order chi connectivity index (χ1) is 12.7. The van der Waals surface area contributed by atoms with Crippen LogP contribution in [0.5, 0.6) is 0 Å². The number of rotatable bonds is 3. The van der Waals surface area contributed by atoms with Crippen LogP contribution in [0.1, 0.15) is 31.9 Å². The van der Waals surface area contributed by atoms with Crippen LogP contribution >= 0.6 is 23.2 Å². The first-order valence-corrected chi connectivity index (χ1v) is 8.88. The summed E-state index contributed by atoms with van der Waals surface area (Å²) in [6.45, 7) is 3.66. The molecule has 0 saturated carbocycles. The van der Waals surface area contributed by atoms with E-state index in [2.05, 4.69) is 0 Å². The number of amides is 1. The van der Waals surface area contributed by atoms with Crippen LogP contribution in [-0.4, -0.2) is 47.6 Å². The van der Waals surface area contributed by atoms with Crippen LogP contribution in [0.3, 0.4) is 0 Å². The SMILES string of the molecule is COC(=O)C1=C(C(=O)OC)N2C(=O)CC(C)(C)N2C1c1c(Cl)cccc1Cl. The topological polar surface area (TPSA) is 76.2 Å². The molecule has 1 saturated heterocycles. The molecule has 0 spiro atoms. The Labute approximate surface area is 166 Å². The molecule has 7 nitrogen and oxygen atoms in total. The number of carbonyl (C=O) groups excluding carboxylic acids is 3. The lowest BCUT2D eigenvalue weighted by Crippen LogP contribution is -2.45. The van der Waals surface area contributed by atoms with E-state index in [1.54, 1.807) is 23.2 Å². The van der Waals surface area contributed by atoms with E-state index in [-0.39, 0.29) is 23.6 Å². The standard InChI is InChI=1S/C18H18Cl2N2O5/c1-18(2)8-11(23)21-15(17(25)27-4)13(16(24)26-3)14(22(18)21)12-9(19)6-5-7-10(12)20/h5-7,14H,8H2,1-4H3. The van der Waals surface area contributed by atoms with Gasteiger partial charge in [-0.15, -0.1) is 0 Å². The summed E-state index contributed by atoms with van der Waals surface area (Å²) in [6.07, 6.45) is 0.139. The molecule has 0 aromatic heterocycles. The molecule has 0 aliphatic carbocycles. The second-order valence-electron chi connectivity index (χ2n) is 6.82. The van der Waals surface area contributed by atoms with E-state index in [4.69, 9.17) is 32.7 Å². The van der Waals surface area contributed by atoms with Crippen LogP contribution in [0.4, 0.5) is 0 Å². The third-order valence-electron chi connectivity index (χ3n) is 4.70. The molecule has 1 aromatic carbocycles. The van der Waals surface area contributed by atoms with Crippen molar-refractivity contribution in [2.75, 3.05) is 14.2 Å². The Hall–Kier alpha value is -2.09. The van der Waals surface area contributed by atoms with Crippen molar-refractivity contribution >= 4 is 41.0 Å². The Morgan fingerprint density at radius 1 is 1.11 bits per heavy atom. The van der Waals surface area contributed by atoms with Gasteiger partial charge in [0.1, 0.15) is 0 Å². The fraction of sp³-hybridized carbons (Fsp3) is 0.389. The third-order valence-corrected chi connectivity index (χ3v) is 5.36. The zero-order chi connectivity index (χ0) is 20.1. The zero-order valence-corrected chi connectivity index (χ0v) is 16.7. The van der Waals surface area contributed by atoms with Gasteiger partial charge in [0.25, 0.3) is 0 Å². The van der Waals surface area contributed by atoms with Gasteiger partial charge in [0.15, 0.2) is 5.70 Å². The number of halogens is 2. The molecule has 1 unspecified atom stereocenters. The van der Waals surface area contributed by atoms with Crippen LogP contribution < -0.4 is 0 Å². The number of nitrogens with zero attached hydrogens (tertiary/aromatic N) is 2. The van der Waals surface area contributed by atoms with Gasteiger partial charge in [-0.2, -0.15) is 5.01 Å². The fourth-order valence-electron chi connectivity index (χ4n) is 3.63. The van der Waals surface area contributed by atoms with Crippen molar-refractivity contribution in [1.82, 2.24) is 10.0 Å². The highest BCUT2D eigenvalue weighted by atomic mass is 35.5. The van der Waals surface area contributed by atoms with Gasteiger partial charge in [-0.25, -0.2) is 14.6 Å². The van der Waals surface area contributed by atoms with Crippen molar-refractivity contribution in [3.05, 3.63) is 45.1 Å². The number of hydrazine groups is 1. The molecular formula is C18H18Cl2N2O5. The first kappa shape index (κ1) is 19.7. The highest BCUT2D eigenvalue weighted by molar-refractivity contribution is 6.36. The Morgan fingerprint density at radius 2 is 1.67 bits per heavy atom. The number of methoxy groups -OCH3 is 2. The lowest BCUT2D eigenvalue weighted by Gasteiger charge is -2.37. The van der Waals surface area contributed by atoms with Crippen LogP contribution in [0.25, 0.3) is 0 Å². The van der Waals surface area contributed by atoms with Gasteiger partial charge in [-0.1, -0.05) is 29.3 Å². The predicted octanol–water partition coefficient (Wildman–Crippen LogP) is 2.88. The van der Waals surface area contributed by atoms with Crippen molar-refractivity contribution < 1.29 is 23.9 Å². The molecule has 9 heteroatoms. The zero-order valence-electron chi connectivity index (χ0n) is 15.2. The minimum atomic E-state index is -0.880. The van der Waals surface area contributed by atoms with Gasteiger partial charge in [-0.3, -0.25) is 4.79 Å². The predicted molar refractivity (Wildman–Crippen MR) is 97.6 cm³/mol. The molecular weight excluding hydrogens is 395 g/mol. The second-order valence-corrected chi connectivity index (χ2v) is 7.64. The lowest BCUT2D eigenvalue weighted by molar-refractivity contribution is -0.147. The maximum atomic E-state index is 12.7. The molecule has 1 amide bonds. The summed E-state index contributed by atoms with van der Waals surface area (Å²) in [5.41, 5.74) is -0.520. The highest BCUT2D eigenvalue weighted by Gasteiger charge is 2.59. The molecule has 2 aliphatic heterocycles. The number of benzene rings is 1. The van der Waals surface area contributed by atoms with Gasteiger partial charge >= 0.3 is 11.9 Å². The molecule has 1 atom stereocenters. The largest absolute Gasteiger partial charge is 0.466 e. The van der Waals surface area contributed by atoms with E-state index in [0.29, 0.717) is 15.6 Å². The van der Waals surface area contributed by atoms with Crippen molar-refractivity contribution in [3.8, 4) is 0 Å². The summed E-state index contributed by atoms with van der Waals surface area (Å²) < 4.78 is 9.74. The highest BCUT2D eigenvalue weighted by Crippen LogP contribution is 2.52. The van der Waals surface area contributed by atoms with Crippen molar-refractivity contribution in [2.24, 2.45) is 0 Å². The monoisotopic (exact) mass is 412 g/mol. The van der Waals surface area contributed by atoms with Gasteiger partial charge in [0.2, 0.25) is 5.91 Å². The normalized spacial score (nSPS) is 21.5. The van der Waals surface area contributed by atoms with E-state index < -0.39 is 23.5 Å². The van der Waals surface area contributed by atoms with Crippen molar-refractivity contribution in [1.29, 1.82) is 0 Å². The van der Waals surface area contributed by atoms with E-state index in [1.165, 1.54) is 19.2 Å². The fourth-order valence-corrected chi connectivity index (χ4v) is 4.23. The second kappa shape index (κ2) is 6.82. The molecule has 1 aromatic rings. The molecule has 0 N–H and O–H groups in total. The van der Waals surface area contributed by atoms with E-state index >= 15 is 0 Å². The number of carbonyl (C=O) groups is 3. The summed E-state index contributed by atoms with van der Waals surface area (Å²) in [4.78, 5) is 37.9. The number of hydrogen-bond acceptors (Lipinski definition) is 6. The quantitative estimate of drug-likeness (QED) is 0.710. The van der Waals surface area contributed by atoms with E-state index in [9.17, 15) is 14.4 Å². The Balaban J connectivity index is 2.37. The van der Waals surface area contributed by atoms with Gasteiger partial charge in [0.05, 0.1) is 25.8 Å². The molecule has 2 aliphatic rings. The van der Waals surface area contributed by atoms with Gasteiger partial charge < -0.3 is 9.47 Å². The van der Waals surface area contributed by atoms with Crippen LogP contribution in [0, 0.1) is 0 Å². The number of fused-ring (bicyclic) bond motifs is 1. The number of esters is 2. The molecule has 0 radical (unpaired) electrons. The average Bonchev–Trinajstić information content (AvgIpc) is 3.07. The number of ether oxygens (including phenoxy) is 2. The van der Waals surface area contributed by atoms with Crippen molar-refractivity contribution in [3.63, 3.8) is 0 Å². The lowest BCUT2D eigenvalue weighted by atomic mass is 9.92. The van der Waals surface area contributed by atoms with Gasteiger partial charge in [0, 0.05) is 27.6 Å². The summed E-state index contributed by atoms with van der Waals surface area (Å²) in [7, 11) is 2.37. The molecule has 27 heavy (non-hydrogen) atoms. The van der Waals surface area contributed by atoms with E-state index in [0.717, 1.165) is 0 Å². The Morgan fingerprint density at radius 3 is 2.19 bits per heavy atom. The molecule has 2 heterocycles. The number of hydrogen-bond donors (Lipinski definition) is 0. The third kappa shape index (κ3) is 2.90. The van der Waals surface area contributed by atoms with Crippen LogP contribution in [0.15, 0.2) is 29.5 Å². The molecule has 3 rings (SSSR count). The first-order valence-electron chi connectivity index (χ1n) is 8.12. The summed E-state index contributed by atoms with van der Waals surface area (Å²) >= 11 is 12.8.